The minimum Gasteiger partial charge on any atom is -0.337 e. The van der Waals surface area contributed by atoms with Crippen molar-refractivity contribution in [3.63, 3.8) is 0 Å². The zero-order valence-electron chi connectivity index (χ0n) is 14.3. The lowest BCUT2D eigenvalue weighted by molar-refractivity contribution is 0.0784. The van der Waals surface area contributed by atoms with E-state index in [2.05, 4.69) is 24.0 Å². The molecule has 2 rings (SSSR count). The lowest BCUT2D eigenvalue weighted by Gasteiger charge is -2.17. The molecule has 22 heavy (non-hydrogen) atoms. The van der Waals surface area contributed by atoms with E-state index >= 15 is 0 Å². The normalized spacial score (nSPS) is 11.0. The second-order valence-corrected chi connectivity index (χ2v) is 5.61. The average Bonchev–Trinajstić information content (AvgIpc) is 3.00. The average molecular weight is 303 g/mol. The summed E-state index contributed by atoms with van der Waals surface area (Å²) in [5.41, 5.74) is 4.68. The topological polar surface area (TPSA) is 56.0 Å². The van der Waals surface area contributed by atoms with Crippen LogP contribution in [-0.2, 0) is 19.6 Å². The van der Waals surface area contributed by atoms with Gasteiger partial charge in [0.1, 0.15) is 0 Å². The SMILES string of the molecule is CCn1cc(C(=O)N(C)Cc2c(C)nn(CC)c2C)c(C)n1. The third-order valence-electron chi connectivity index (χ3n) is 4.07. The van der Waals surface area contributed by atoms with Gasteiger partial charge in [-0.2, -0.15) is 10.2 Å². The minimum absolute atomic E-state index is 0.000230. The van der Waals surface area contributed by atoms with Crippen molar-refractivity contribution in [1.29, 1.82) is 0 Å². The van der Waals surface area contributed by atoms with Gasteiger partial charge in [0, 0.05) is 44.1 Å². The van der Waals surface area contributed by atoms with Gasteiger partial charge in [0.25, 0.3) is 5.91 Å². The molecule has 0 aliphatic rings. The maximum atomic E-state index is 12.6. The van der Waals surface area contributed by atoms with Gasteiger partial charge >= 0.3 is 0 Å². The van der Waals surface area contributed by atoms with Crippen molar-refractivity contribution in [1.82, 2.24) is 24.5 Å². The maximum absolute atomic E-state index is 12.6. The molecule has 2 heterocycles. The van der Waals surface area contributed by atoms with Crippen molar-refractivity contribution in [2.24, 2.45) is 0 Å². The monoisotopic (exact) mass is 303 g/mol. The van der Waals surface area contributed by atoms with Crippen LogP contribution < -0.4 is 0 Å². The molecule has 6 nitrogen and oxygen atoms in total. The molecular weight excluding hydrogens is 278 g/mol. The van der Waals surface area contributed by atoms with Crippen molar-refractivity contribution in [3.8, 4) is 0 Å². The Hall–Kier alpha value is -2.11. The Morgan fingerprint density at radius 2 is 1.82 bits per heavy atom. The summed E-state index contributed by atoms with van der Waals surface area (Å²) in [4.78, 5) is 14.4. The summed E-state index contributed by atoms with van der Waals surface area (Å²) < 4.78 is 3.77. The van der Waals surface area contributed by atoms with Crippen molar-refractivity contribution in [2.45, 2.75) is 54.3 Å². The highest BCUT2D eigenvalue weighted by atomic mass is 16.2. The van der Waals surface area contributed by atoms with Gasteiger partial charge < -0.3 is 4.90 Å². The fraction of sp³-hybridized carbons (Fsp3) is 0.562. The van der Waals surface area contributed by atoms with Crippen LogP contribution in [0, 0.1) is 20.8 Å². The lowest BCUT2D eigenvalue weighted by Crippen LogP contribution is -2.27. The van der Waals surface area contributed by atoms with Crippen molar-refractivity contribution < 1.29 is 4.79 Å². The van der Waals surface area contributed by atoms with Crippen molar-refractivity contribution >= 4 is 5.91 Å². The first-order valence-corrected chi connectivity index (χ1v) is 7.71. The Bertz CT molecular complexity index is 683. The third-order valence-corrected chi connectivity index (χ3v) is 4.07. The standard InChI is InChI=1S/C16H25N5O/c1-7-20-10-15(12(4)17-20)16(22)19(6)9-14-11(3)18-21(8-2)13(14)5/h10H,7-9H2,1-6H3. The summed E-state index contributed by atoms with van der Waals surface area (Å²) in [7, 11) is 1.83. The van der Waals surface area contributed by atoms with Crippen LogP contribution in [0.3, 0.4) is 0 Å². The molecule has 6 heteroatoms. The first-order valence-electron chi connectivity index (χ1n) is 7.71. The van der Waals surface area contributed by atoms with E-state index in [1.54, 1.807) is 9.58 Å². The van der Waals surface area contributed by atoms with Crippen molar-refractivity contribution in [3.05, 3.63) is 34.4 Å². The zero-order chi connectivity index (χ0) is 16.4. The molecule has 0 unspecified atom stereocenters. The van der Waals surface area contributed by atoms with Crippen LogP contribution in [0.25, 0.3) is 0 Å². The van der Waals surface area contributed by atoms with E-state index in [1.165, 1.54) is 0 Å². The molecule has 0 spiro atoms. The summed E-state index contributed by atoms with van der Waals surface area (Å²) in [6, 6.07) is 0. The summed E-state index contributed by atoms with van der Waals surface area (Å²) in [5.74, 6) is 0.000230. The van der Waals surface area contributed by atoms with Crippen LogP contribution in [0.15, 0.2) is 6.20 Å². The Balaban J connectivity index is 2.21. The Labute approximate surface area is 131 Å². The third kappa shape index (κ3) is 2.91. The first kappa shape index (κ1) is 16.3. The largest absolute Gasteiger partial charge is 0.337 e. The summed E-state index contributed by atoms with van der Waals surface area (Å²) >= 11 is 0. The molecule has 2 aromatic heterocycles. The summed E-state index contributed by atoms with van der Waals surface area (Å²) in [6.07, 6.45) is 1.82. The van der Waals surface area contributed by atoms with E-state index in [0.29, 0.717) is 12.1 Å². The van der Waals surface area contributed by atoms with E-state index in [-0.39, 0.29) is 5.91 Å². The number of carbonyl (C=O) groups is 1. The highest BCUT2D eigenvalue weighted by molar-refractivity contribution is 5.94. The van der Waals surface area contributed by atoms with Crippen LogP contribution >= 0.6 is 0 Å². The molecule has 0 saturated heterocycles. The molecule has 2 aromatic rings. The molecule has 0 radical (unpaired) electrons. The van der Waals surface area contributed by atoms with Gasteiger partial charge in [0.15, 0.2) is 0 Å². The molecule has 0 aromatic carbocycles. The van der Waals surface area contributed by atoms with Gasteiger partial charge in [-0.1, -0.05) is 0 Å². The fourth-order valence-corrected chi connectivity index (χ4v) is 2.68. The maximum Gasteiger partial charge on any atom is 0.257 e. The van der Waals surface area contributed by atoms with Gasteiger partial charge in [-0.15, -0.1) is 0 Å². The molecule has 0 bridgehead atoms. The van der Waals surface area contributed by atoms with Crippen LogP contribution in [0.1, 0.15) is 46.9 Å². The predicted molar refractivity (Wildman–Crippen MR) is 85.8 cm³/mol. The molecule has 0 atom stereocenters. The second-order valence-electron chi connectivity index (χ2n) is 5.61. The molecule has 0 N–H and O–H groups in total. The van der Waals surface area contributed by atoms with Crippen LogP contribution in [-0.4, -0.2) is 37.4 Å². The number of aromatic nitrogens is 4. The van der Waals surface area contributed by atoms with Crippen LogP contribution in [0.2, 0.25) is 0 Å². The van der Waals surface area contributed by atoms with Crippen LogP contribution in [0.5, 0.6) is 0 Å². The number of carbonyl (C=O) groups excluding carboxylic acids is 1. The van der Waals surface area contributed by atoms with E-state index in [1.807, 2.05) is 38.7 Å². The summed E-state index contributed by atoms with van der Waals surface area (Å²) in [5, 5.41) is 8.86. The number of hydrogen-bond acceptors (Lipinski definition) is 3. The van der Waals surface area contributed by atoms with Gasteiger partial charge in [-0.05, 0) is 34.6 Å². The van der Waals surface area contributed by atoms with E-state index in [4.69, 9.17) is 0 Å². The summed E-state index contributed by atoms with van der Waals surface area (Å²) in [6.45, 7) is 12.2. The number of amides is 1. The van der Waals surface area contributed by atoms with Crippen molar-refractivity contribution in [2.75, 3.05) is 7.05 Å². The predicted octanol–water partition coefficient (Wildman–Crippen LogP) is 2.32. The Morgan fingerprint density at radius 1 is 1.14 bits per heavy atom. The zero-order valence-corrected chi connectivity index (χ0v) is 14.3. The Morgan fingerprint density at radius 3 is 2.32 bits per heavy atom. The molecule has 0 aliphatic carbocycles. The van der Waals surface area contributed by atoms with Crippen LogP contribution in [0.4, 0.5) is 0 Å². The minimum atomic E-state index is 0.000230. The number of aryl methyl sites for hydroxylation is 4. The molecule has 0 fully saturated rings. The fourth-order valence-electron chi connectivity index (χ4n) is 2.68. The number of hydrogen-bond donors (Lipinski definition) is 0. The Kier molecular flexibility index (Phi) is 4.68. The quantitative estimate of drug-likeness (QED) is 0.852. The molecule has 0 aliphatic heterocycles. The smallest absolute Gasteiger partial charge is 0.257 e. The van der Waals surface area contributed by atoms with E-state index < -0.39 is 0 Å². The van der Waals surface area contributed by atoms with E-state index in [0.717, 1.165) is 35.7 Å². The molecule has 0 saturated carbocycles. The van der Waals surface area contributed by atoms with Gasteiger partial charge in [0.05, 0.1) is 17.0 Å². The molecule has 1 amide bonds. The van der Waals surface area contributed by atoms with Gasteiger partial charge in [-0.25, -0.2) is 0 Å². The lowest BCUT2D eigenvalue weighted by atomic mass is 10.1. The second kappa shape index (κ2) is 6.34. The number of nitrogens with zero attached hydrogens (tertiary/aromatic N) is 5. The van der Waals surface area contributed by atoms with Gasteiger partial charge in [-0.3, -0.25) is 14.2 Å². The van der Waals surface area contributed by atoms with E-state index in [9.17, 15) is 4.79 Å². The molecule has 120 valence electrons. The first-order chi connectivity index (χ1) is 10.4. The number of rotatable bonds is 5. The highest BCUT2D eigenvalue weighted by Gasteiger charge is 2.20. The molecular formula is C16H25N5O. The highest BCUT2D eigenvalue weighted by Crippen LogP contribution is 2.17. The van der Waals surface area contributed by atoms with Gasteiger partial charge in [0.2, 0.25) is 0 Å².